The number of nitrogens with zero attached hydrogens (tertiary/aromatic N) is 3. The third kappa shape index (κ3) is 3.19. The van der Waals surface area contributed by atoms with Crippen LogP contribution in [0, 0.1) is 15.5 Å². The SMILES string of the molecule is CC1(C(=O)O)CCCN(C(=O)Cn2ccc3cc([N+](=O)[O-])ccc32)C1. The van der Waals surface area contributed by atoms with Gasteiger partial charge in [0.1, 0.15) is 6.54 Å². The summed E-state index contributed by atoms with van der Waals surface area (Å²) < 4.78 is 1.73. The molecule has 1 saturated heterocycles. The molecule has 3 rings (SSSR count). The van der Waals surface area contributed by atoms with E-state index in [9.17, 15) is 24.8 Å². The number of piperidine rings is 1. The highest BCUT2D eigenvalue weighted by Gasteiger charge is 2.39. The van der Waals surface area contributed by atoms with Crippen molar-refractivity contribution in [2.24, 2.45) is 5.41 Å². The molecule has 1 N–H and O–H groups in total. The van der Waals surface area contributed by atoms with Crippen LogP contribution in [0.1, 0.15) is 19.8 Å². The molecule has 1 fully saturated rings. The summed E-state index contributed by atoms with van der Waals surface area (Å²) in [4.78, 5) is 36.0. The first-order valence-electron chi connectivity index (χ1n) is 8.05. The summed E-state index contributed by atoms with van der Waals surface area (Å²) >= 11 is 0. The van der Waals surface area contributed by atoms with Crippen LogP contribution in [-0.4, -0.2) is 44.5 Å². The van der Waals surface area contributed by atoms with Crippen LogP contribution < -0.4 is 0 Å². The molecule has 8 nitrogen and oxygen atoms in total. The predicted molar refractivity (Wildman–Crippen MR) is 90.1 cm³/mol. The topological polar surface area (TPSA) is 106 Å². The van der Waals surface area contributed by atoms with Gasteiger partial charge >= 0.3 is 5.97 Å². The number of carbonyl (C=O) groups excluding carboxylic acids is 1. The second-order valence-corrected chi connectivity index (χ2v) is 6.73. The molecule has 1 unspecified atom stereocenters. The van der Waals surface area contributed by atoms with E-state index in [2.05, 4.69) is 0 Å². The molecule has 8 heteroatoms. The summed E-state index contributed by atoms with van der Waals surface area (Å²) in [7, 11) is 0. The first kappa shape index (κ1) is 16.9. The molecule has 0 spiro atoms. The molecular formula is C17H19N3O5. The minimum Gasteiger partial charge on any atom is -0.481 e. The van der Waals surface area contributed by atoms with Crippen LogP contribution in [0.15, 0.2) is 30.5 Å². The van der Waals surface area contributed by atoms with E-state index in [-0.39, 0.29) is 24.7 Å². The quantitative estimate of drug-likeness (QED) is 0.676. The van der Waals surface area contributed by atoms with E-state index in [1.54, 1.807) is 34.7 Å². The molecule has 1 aromatic heterocycles. The Hall–Kier alpha value is -2.90. The average Bonchev–Trinajstić information content (AvgIpc) is 2.97. The number of carboxylic acid groups (broad SMARTS) is 1. The van der Waals surface area contributed by atoms with Gasteiger partial charge in [0.15, 0.2) is 0 Å². The number of hydrogen-bond donors (Lipinski definition) is 1. The first-order valence-corrected chi connectivity index (χ1v) is 8.05. The molecule has 1 aliphatic rings. The van der Waals surface area contributed by atoms with Gasteiger partial charge in [0.25, 0.3) is 5.69 Å². The number of nitro groups is 1. The highest BCUT2D eigenvalue weighted by molar-refractivity contribution is 5.85. The number of non-ortho nitro benzene ring substituents is 1. The number of likely N-dealkylation sites (tertiary alicyclic amines) is 1. The van der Waals surface area contributed by atoms with Gasteiger partial charge < -0.3 is 14.6 Å². The van der Waals surface area contributed by atoms with E-state index in [0.717, 1.165) is 5.52 Å². The van der Waals surface area contributed by atoms with Crippen LogP contribution in [0.5, 0.6) is 0 Å². The molecule has 1 amide bonds. The maximum Gasteiger partial charge on any atom is 0.311 e. The monoisotopic (exact) mass is 345 g/mol. The minimum atomic E-state index is -0.909. The number of carboxylic acids is 1. The zero-order valence-corrected chi connectivity index (χ0v) is 13.8. The van der Waals surface area contributed by atoms with Gasteiger partial charge in [-0.25, -0.2) is 0 Å². The van der Waals surface area contributed by atoms with Crippen molar-refractivity contribution in [2.45, 2.75) is 26.3 Å². The normalized spacial score (nSPS) is 20.6. The van der Waals surface area contributed by atoms with Gasteiger partial charge in [0, 0.05) is 42.3 Å². The second kappa shape index (κ2) is 6.19. The van der Waals surface area contributed by atoms with Crippen molar-refractivity contribution in [3.63, 3.8) is 0 Å². The van der Waals surface area contributed by atoms with Crippen molar-refractivity contribution in [1.29, 1.82) is 0 Å². The molecule has 0 radical (unpaired) electrons. The standard InChI is InChI=1S/C17H19N3O5/c1-17(16(22)23)6-2-7-19(11-17)15(21)10-18-8-5-12-9-13(20(24)25)3-4-14(12)18/h3-5,8-9H,2,6-7,10-11H2,1H3,(H,22,23). The third-order valence-electron chi connectivity index (χ3n) is 4.84. The lowest BCUT2D eigenvalue weighted by atomic mass is 9.82. The van der Waals surface area contributed by atoms with Gasteiger partial charge in [-0.15, -0.1) is 0 Å². The number of fused-ring (bicyclic) bond motifs is 1. The second-order valence-electron chi connectivity index (χ2n) is 6.73. The summed E-state index contributed by atoms with van der Waals surface area (Å²) in [5.74, 6) is -1.04. The zero-order chi connectivity index (χ0) is 18.2. The molecular weight excluding hydrogens is 326 g/mol. The Morgan fingerprint density at radius 3 is 2.80 bits per heavy atom. The highest BCUT2D eigenvalue weighted by Crippen LogP contribution is 2.30. The van der Waals surface area contributed by atoms with Crippen molar-refractivity contribution in [3.8, 4) is 0 Å². The lowest BCUT2D eigenvalue weighted by Gasteiger charge is -2.37. The molecule has 1 aromatic carbocycles. The van der Waals surface area contributed by atoms with Gasteiger partial charge in [0.05, 0.1) is 10.3 Å². The van der Waals surface area contributed by atoms with E-state index in [0.29, 0.717) is 24.8 Å². The van der Waals surface area contributed by atoms with Crippen molar-refractivity contribution >= 4 is 28.5 Å². The molecule has 0 aliphatic carbocycles. The summed E-state index contributed by atoms with van der Waals surface area (Å²) in [6, 6.07) is 6.23. The van der Waals surface area contributed by atoms with E-state index in [1.165, 1.54) is 12.1 Å². The average molecular weight is 345 g/mol. The number of nitro benzene ring substituents is 1. The largest absolute Gasteiger partial charge is 0.481 e. The van der Waals surface area contributed by atoms with E-state index >= 15 is 0 Å². The summed E-state index contributed by atoms with van der Waals surface area (Å²) in [6.07, 6.45) is 2.93. The van der Waals surface area contributed by atoms with Gasteiger partial charge in [0.2, 0.25) is 5.91 Å². The van der Waals surface area contributed by atoms with Crippen LogP contribution in [-0.2, 0) is 16.1 Å². The molecule has 25 heavy (non-hydrogen) atoms. The van der Waals surface area contributed by atoms with E-state index in [1.807, 2.05) is 0 Å². The lowest BCUT2D eigenvalue weighted by molar-refractivity contribution is -0.384. The molecule has 1 aliphatic heterocycles. The number of rotatable bonds is 4. The van der Waals surface area contributed by atoms with Crippen LogP contribution in [0.25, 0.3) is 10.9 Å². The molecule has 132 valence electrons. The van der Waals surface area contributed by atoms with Crippen molar-refractivity contribution in [2.75, 3.05) is 13.1 Å². The third-order valence-corrected chi connectivity index (χ3v) is 4.84. The Labute approximate surface area is 143 Å². The van der Waals surface area contributed by atoms with Crippen molar-refractivity contribution in [1.82, 2.24) is 9.47 Å². The van der Waals surface area contributed by atoms with Crippen molar-refractivity contribution < 1.29 is 19.6 Å². The number of carbonyl (C=O) groups is 2. The fourth-order valence-corrected chi connectivity index (χ4v) is 3.31. The Morgan fingerprint density at radius 1 is 1.36 bits per heavy atom. The molecule has 0 saturated carbocycles. The maximum atomic E-state index is 12.6. The number of aromatic nitrogens is 1. The van der Waals surface area contributed by atoms with Gasteiger partial charge in [-0.3, -0.25) is 19.7 Å². The summed E-state index contributed by atoms with van der Waals surface area (Å²) in [5, 5.41) is 20.9. The van der Waals surface area contributed by atoms with Crippen molar-refractivity contribution in [3.05, 3.63) is 40.6 Å². The molecule has 2 aromatic rings. The zero-order valence-electron chi connectivity index (χ0n) is 13.8. The number of hydrogen-bond acceptors (Lipinski definition) is 4. The Kier molecular flexibility index (Phi) is 4.20. The highest BCUT2D eigenvalue weighted by atomic mass is 16.6. The first-order chi connectivity index (χ1) is 11.8. The minimum absolute atomic E-state index is 0.00447. The number of benzene rings is 1. The van der Waals surface area contributed by atoms with Crippen LogP contribution in [0.2, 0.25) is 0 Å². The Balaban J connectivity index is 1.78. The number of aliphatic carboxylic acids is 1. The fraction of sp³-hybridized carbons (Fsp3) is 0.412. The van der Waals surface area contributed by atoms with Gasteiger partial charge in [-0.2, -0.15) is 0 Å². The van der Waals surface area contributed by atoms with Crippen LogP contribution in [0.4, 0.5) is 5.69 Å². The van der Waals surface area contributed by atoms with E-state index in [4.69, 9.17) is 0 Å². The number of amides is 1. The summed E-state index contributed by atoms with van der Waals surface area (Å²) in [6.45, 7) is 2.49. The molecule has 0 bridgehead atoms. The Morgan fingerprint density at radius 2 is 2.12 bits per heavy atom. The smallest absolute Gasteiger partial charge is 0.311 e. The van der Waals surface area contributed by atoms with E-state index < -0.39 is 16.3 Å². The lowest BCUT2D eigenvalue weighted by Crippen LogP contribution is -2.49. The van der Waals surface area contributed by atoms with Gasteiger partial charge in [-0.05, 0) is 31.9 Å². The predicted octanol–water partition coefficient (Wildman–Crippen LogP) is 2.26. The maximum absolute atomic E-state index is 12.6. The van der Waals surface area contributed by atoms with Crippen LogP contribution in [0.3, 0.4) is 0 Å². The Bertz CT molecular complexity index is 859. The fourth-order valence-electron chi connectivity index (χ4n) is 3.31. The molecule has 1 atom stereocenters. The van der Waals surface area contributed by atoms with Gasteiger partial charge in [-0.1, -0.05) is 0 Å². The molecule has 2 heterocycles. The van der Waals surface area contributed by atoms with Crippen LogP contribution >= 0.6 is 0 Å². The summed E-state index contributed by atoms with van der Waals surface area (Å²) in [5.41, 5.74) is -0.172.